The summed E-state index contributed by atoms with van der Waals surface area (Å²) in [6.07, 6.45) is 6.53. The third-order valence-electron chi connectivity index (χ3n) is 2.73. The number of aliphatic hydroxyl groups excluding tert-OH is 1. The van der Waals surface area contributed by atoms with Crippen LogP contribution in [0.5, 0.6) is 0 Å². The van der Waals surface area contributed by atoms with Gasteiger partial charge in [-0.05, 0) is 44.6 Å². The van der Waals surface area contributed by atoms with Crippen LogP contribution in [-0.2, 0) is 0 Å². The summed E-state index contributed by atoms with van der Waals surface area (Å²) < 4.78 is 0. The second-order valence-corrected chi connectivity index (χ2v) is 4.94. The first-order valence-corrected chi connectivity index (χ1v) is 6.56. The lowest BCUT2D eigenvalue weighted by Gasteiger charge is -2.21. The van der Waals surface area contributed by atoms with E-state index < -0.39 is 0 Å². The summed E-state index contributed by atoms with van der Waals surface area (Å²) in [5.41, 5.74) is 0. The summed E-state index contributed by atoms with van der Waals surface area (Å²) in [5, 5.41) is 13.1. The fraction of sp³-hybridized carbons (Fsp3) is 1.00. The van der Waals surface area contributed by atoms with Gasteiger partial charge in [-0.2, -0.15) is 11.8 Å². The van der Waals surface area contributed by atoms with Gasteiger partial charge in [0.15, 0.2) is 0 Å². The minimum absolute atomic E-state index is 0.100. The van der Waals surface area contributed by atoms with Crippen LogP contribution in [0.4, 0.5) is 0 Å². The van der Waals surface area contributed by atoms with Gasteiger partial charge >= 0.3 is 0 Å². The molecule has 3 atom stereocenters. The third kappa shape index (κ3) is 3.88. The van der Waals surface area contributed by atoms with E-state index in [0.29, 0.717) is 12.1 Å². The van der Waals surface area contributed by atoms with Gasteiger partial charge in [-0.3, -0.25) is 0 Å². The molecule has 78 valence electrons. The summed E-state index contributed by atoms with van der Waals surface area (Å²) >= 11 is 1.89. The van der Waals surface area contributed by atoms with Gasteiger partial charge in [0.25, 0.3) is 0 Å². The Morgan fingerprint density at radius 2 is 2.31 bits per heavy atom. The normalized spacial score (nSPS) is 30.7. The number of nitrogens with one attached hydrogen (secondary N) is 1. The summed E-state index contributed by atoms with van der Waals surface area (Å²) in [6.45, 7) is 2.21. The van der Waals surface area contributed by atoms with E-state index in [-0.39, 0.29) is 6.10 Å². The van der Waals surface area contributed by atoms with Gasteiger partial charge in [0.2, 0.25) is 0 Å². The number of rotatable bonds is 5. The molecule has 0 aromatic rings. The average molecular weight is 203 g/mol. The van der Waals surface area contributed by atoms with Gasteiger partial charge in [-0.1, -0.05) is 0 Å². The maximum absolute atomic E-state index is 9.60. The third-order valence-corrected chi connectivity index (χ3v) is 3.38. The van der Waals surface area contributed by atoms with Crippen LogP contribution in [0.2, 0.25) is 0 Å². The first-order valence-electron chi connectivity index (χ1n) is 5.17. The van der Waals surface area contributed by atoms with Crippen molar-refractivity contribution in [2.45, 2.75) is 50.8 Å². The molecule has 0 aromatic carbocycles. The molecular weight excluding hydrogens is 182 g/mol. The predicted octanol–water partition coefficient (Wildman–Crippen LogP) is 1.63. The molecular formula is C10H21NOS. The number of aliphatic hydroxyl groups is 1. The standard InChI is InChI=1S/C10H21NOS/c1-8(6-7-13-2)11-9-4-3-5-10(9)12/h8-12H,3-7H2,1-2H3/t8?,9-,10-/m0/s1. The number of hydrogen-bond donors (Lipinski definition) is 2. The lowest BCUT2D eigenvalue weighted by molar-refractivity contribution is 0.143. The van der Waals surface area contributed by atoms with E-state index >= 15 is 0 Å². The van der Waals surface area contributed by atoms with Gasteiger partial charge in [0.1, 0.15) is 0 Å². The van der Waals surface area contributed by atoms with Crippen molar-refractivity contribution in [3.8, 4) is 0 Å². The highest BCUT2D eigenvalue weighted by molar-refractivity contribution is 7.98. The number of thioether (sulfide) groups is 1. The van der Waals surface area contributed by atoms with Crippen LogP contribution in [0.15, 0.2) is 0 Å². The molecule has 1 saturated carbocycles. The van der Waals surface area contributed by atoms with Crippen molar-refractivity contribution in [1.29, 1.82) is 0 Å². The zero-order valence-corrected chi connectivity index (χ0v) is 9.44. The second-order valence-electron chi connectivity index (χ2n) is 3.95. The Bertz CT molecular complexity index is 143. The van der Waals surface area contributed by atoms with Crippen LogP contribution in [0.3, 0.4) is 0 Å². The molecule has 0 amide bonds. The molecule has 0 heterocycles. The average Bonchev–Trinajstić information content (AvgIpc) is 2.48. The largest absolute Gasteiger partial charge is 0.392 e. The van der Waals surface area contributed by atoms with Gasteiger partial charge in [0.05, 0.1) is 6.10 Å². The van der Waals surface area contributed by atoms with E-state index in [1.54, 1.807) is 0 Å². The Morgan fingerprint density at radius 3 is 2.85 bits per heavy atom. The molecule has 2 N–H and O–H groups in total. The molecule has 1 fully saturated rings. The van der Waals surface area contributed by atoms with E-state index in [9.17, 15) is 5.11 Å². The smallest absolute Gasteiger partial charge is 0.0693 e. The predicted molar refractivity (Wildman–Crippen MR) is 59.2 cm³/mol. The summed E-state index contributed by atoms with van der Waals surface area (Å²) in [4.78, 5) is 0. The quantitative estimate of drug-likeness (QED) is 0.712. The molecule has 0 aromatic heterocycles. The molecule has 1 aliphatic carbocycles. The van der Waals surface area contributed by atoms with Gasteiger partial charge in [0, 0.05) is 12.1 Å². The van der Waals surface area contributed by atoms with Crippen molar-refractivity contribution in [1.82, 2.24) is 5.32 Å². The SMILES string of the molecule is CSCCC(C)N[C@H]1CCC[C@@H]1O. The van der Waals surface area contributed by atoms with E-state index in [2.05, 4.69) is 18.5 Å². The van der Waals surface area contributed by atoms with Crippen LogP contribution in [0, 0.1) is 0 Å². The zero-order chi connectivity index (χ0) is 9.68. The Morgan fingerprint density at radius 1 is 1.54 bits per heavy atom. The fourth-order valence-corrected chi connectivity index (χ4v) is 2.47. The van der Waals surface area contributed by atoms with Crippen molar-refractivity contribution < 1.29 is 5.11 Å². The highest BCUT2D eigenvalue weighted by Crippen LogP contribution is 2.19. The van der Waals surface area contributed by atoms with Crippen molar-refractivity contribution in [3.05, 3.63) is 0 Å². The van der Waals surface area contributed by atoms with Crippen LogP contribution in [0.25, 0.3) is 0 Å². The van der Waals surface area contributed by atoms with Crippen molar-refractivity contribution in [2.75, 3.05) is 12.0 Å². The minimum Gasteiger partial charge on any atom is -0.392 e. The molecule has 3 heteroatoms. The number of hydrogen-bond acceptors (Lipinski definition) is 3. The van der Waals surface area contributed by atoms with E-state index in [0.717, 1.165) is 12.8 Å². The molecule has 0 spiro atoms. The minimum atomic E-state index is -0.100. The Hall–Kier alpha value is 0.270. The summed E-state index contributed by atoms with van der Waals surface area (Å²) in [5.74, 6) is 1.21. The monoisotopic (exact) mass is 203 g/mol. The molecule has 1 unspecified atom stereocenters. The maximum Gasteiger partial charge on any atom is 0.0693 e. The highest BCUT2D eigenvalue weighted by atomic mass is 32.2. The van der Waals surface area contributed by atoms with E-state index in [4.69, 9.17) is 0 Å². The van der Waals surface area contributed by atoms with Crippen molar-refractivity contribution in [3.63, 3.8) is 0 Å². The molecule has 0 aliphatic heterocycles. The van der Waals surface area contributed by atoms with Crippen molar-refractivity contribution in [2.24, 2.45) is 0 Å². The van der Waals surface area contributed by atoms with Gasteiger partial charge in [-0.15, -0.1) is 0 Å². The molecule has 1 aliphatic rings. The molecule has 0 saturated heterocycles. The first kappa shape index (κ1) is 11.3. The van der Waals surface area contributed by atoms with Crippen LogP contribution in [0.1, 0.15) is 32.6 Å². The van der Waals surface area contributed by atoms with Crippen LogP contribution < -0.4 is 5.32 Å². The van der Waals surface area contributed by atoms with Gasteiger partial charge in [-0.25, -0.2) is 0 Å². The van der Waals surface area contributed by atoms with E-state index in [1.807, 2.05) is 11.8 Å². The first-order chi connectivity index (χ1) is 6.24. The second kappa shape index (κ2) is 5.89. The van der Waals surface area contributed by atoms with Gasteiger partial charge < -0.3 is 10.4 Å². The van der Waals surface area contributed by atoms with E-state index in [1.165, 1.54) is 18.6 Å². The Labute approximate surface area is 85.5 Å². The molecule has 1 rings (SSSR count). The van der Waals surface area contributed by atoms with Crippen molar-refractivity contribution >= 4 is 11.8 Å². The zero-order valence-electron chi connectivity index (χ0n) is 8.62. The maximum atomic E-state index is 9.60. The summed E-state index contributed by atoms with van der Waals surface area (Å²) in [7, 11) is 0. The topological polar surface area (TPSA) is 32.3 Å². The Balaban J connectivity index is 2.15. The van der Waals surface area contributed by atoms with Crippen LogP contribution >= 0.6 is 11.8 Å². The Kier molecular flexibility index (Phi) is 5.14. The van der Waals surface area contributed by atoms with Crippen LogP contribution in [-0.4, -0.2) is 35.3 Å². The molecule has 2 nitrogen and oxygen atoms in total. The highest BCUT2D eigenvalue weighted by Gasteiger charge is 2.25. The molecule has 13 heavy (non-hydrogen) atoms. The molecule has 0 radical (unpaired) electrons. The molecule has 0 bridgehead atoms. The lowest BCUT2D eigenvalue weighted by atomic mass is 10.1. The fourth-order valence-electron chi connectivity index (χ4n) is 1.88. The summed E-state index contributed by atoms with van der Waals surface area (Å²) in [6, 6.07) is 0.905. The lowest BCUT2D eigenvalue weighted by Crippen LogP contribution is -2.41.